The quantitative estimate of drug-likeness (QED) is 0.123. The van der Waals surface area contributed by atoms with Gasteiger partial charge in [-0.05, 0) is 49.3 Å². The molecule has 0 aliphatic rings. The van der Waals surface area contributed by atoms with Gasteiger partial charge in [0.15, 0.2) is 0 Å². The molecular formula is C26H50N6. The Kier molecular flexibility index (Phi) is 15.3. The average Bonchev–Trinajstić information content (AvgIpc) is 2.76. The highest BCUT2D eigenvalue weighted by molar-refractivity contribution is 5.82. The maximum atomic E-state index is 5.51. The molecule has 0 spiro atoms. The highest BCUT2D eigenvalue weighted by Crippen LogP contribution is 2.35. The van der Waals surface area contributed by atoms with Crippen molar-refractivity contribution in [2.45, 2.75) is 99.5 Å². The predicted molar refractivity (Wildman–Crippen MR) is 144 cm³/mol. The van der Waals surface area contributed by atoms with Gasteiger partial charge in [0.25, 0.3) is 0 Å². The molecule has 1 rings (SSSR count). The summed E-state index contributed by atoms with van der Waals surface area (Å²) in [6, 6.07) is 7.25. The van der Waals surface area contributed by atoms with Gasteiger partial charge in [-0.1, -0.05) is 74.0 Å². The molecule has 6 heteroatoms. The molecule has 184 valence electrons. The molecule has 0 aromatic heterocycles. The zero-order valence-electron chi connectivity index (χ0n) is 22.0. The van der Waals surface area contributed by atoms with E-state index in [1.165, 1.54) is 36.9 Å². The molecule has 0 bridgehead atoms. The second-order valence-corrected chi connectivity index (χ2v) is 8.78. The first-order valence-electron chi connectivity index (χ1n) is 12.3. The van der Waals surface area contributed by atoms with Gasteiger partial charge in [0, 0.05) is 24.7 Å². The minimum absolute atomic E-state index is 0.226. The van der Waals surface area contributed by atoms with Gasteiger partial charge in [-0.25, -0.2) is 5.84 Å². The minimum atomic E-state index is 0.226. The van der Waals surface area contributed by atoms with E-state index < -0.39 is 0 Å². The summed E-state index contributed by atoms with van der Waals surface area (Å²) in [4.78, 5) is 2.60. The highest BCUT2D eigenvalue weighted by Gasteiger charge is 2.22. The summed E-state index contributed by atoms with van der Waals surface area (Å²) in [6.45, 7) is 22.4. The fraction of sp³-hybridized carbons (Fsp3) is 0.654. The first-order chi connectivity index (χ1) is 15.3. The largest absolute Gasteiger partial charge is 0.367 e. The average molecular weight is 447 g/mol. The van der Waals surface area contributed by atoms with E-state index >= 15 is 0 Å². The van der Waals surface area contributed by atoms with Gasteiger partial charge in [0.1, 0.15) is 5.84 Å². The molecule has 1 aromatic rings. The summed E-state index contributed by atoms with van der Waals surface area (Å²) in [5.74, 6) is 12.3. The van der Waals surface area contributed by atoms with E-state index in [9.17, 15) is 0 Å². The van der Waals surface area contributed by atoms with Crippen LogP contribution in [0.4, 0.5) is 11.4 Å². The Hall–Kier alpha value is -2.21. The van der Waals surface area contributed by atoms with Crippen molar-refractivity contribution in [3.8, 4) is 0 Å². The molecule has 1 aromatic carbocycles. The van der Waals surface area contributed by atoms with E-state index in [0.717, 1.165) is 17.9 Å². The van der Waals surface area contributed by atoms with E-state index in [1.54, 1.807) is 0 Å². The number of rotatable bonds is 13. The van der Waals surface area contributed by atoms with Crippen LogP contribution in [-0.2, 0) is 0 Å². The first-order valence-corrected chi connectivity index (χ1v) is 12.3. The van der Waals surface area contributed by atoms with Crippen molar-refractivity contribution in [2.75, 3.05) is 16.8 Å². The standard InChI is InChI=1S/C24H44N6.C2H6/c1-8-10-21(11-9-2)30(16-17(3)4)23-13-12-20(15-22(23)27-18(5)6)19(7)14-24(28-25)29-26;1-2/h12-13,15,17,19,21,27H,5,8-11,14,16,25-26H2,1-4,6-7H3,(H,28,29);1-2H3. The fourth-order valence-corrected chi connectivity index (χ4v) is 3.96. The van der Waals surface area contributed by atoms with Crippen LogP contribution in [0.2, 0.25) is 0 Å². The van der Waals surface area contributed by atoms with Crippen LogP contribution in [0.25, 0.3) is 0 Å². The third-order valence-corrected chi connectivity index (χ3v) is 5.32. The van der Waals surface area contributed by atoms with Crippen LogP contribution in [-0.4, -0.2) is 18.4 Å². The summed E-state index contributed by atoms with van der Waals surface area (Å²) < 4.78 is 0. The molecule has 0 radical (unpaired) electrons. The summed E-state index contributed by atoms with van der Waals surface area (Å²) in [5, 5.41) is 7.24. The van der Waals surface area contributed by atoms with E-state index in [1.807, 2.05) is 20.8 Å². The first kappa shape index (κ1) is 29.8. The third kappa shape index (κ3) is 9.94. The Balaban J connectivity index is 0.00000466. The zero-order chi connectivity index (χ0) is 24.7. The van der Waals surface area contributed by atoms with Crippen LogP contribution >= 0.6 is 0 Å². The summed E-state index contributed by atoms with van der Waals surface area (Å²) in [5.41, 5.74) is 7.08. The van der Waals surface area contributed by atoms with Gasteiger partial charge < -0.3 is 21.5 Å². The molecule has 32 heavy (non-hydrogen) atoms. The van der Waals surface area contributed by atoms with Gasteiger partial charge in [-0.3, -0.25) is 0 Å². The molecule has 0 aliphatic carbocycles. The topological polar surface area (TPSA) is 91.7 Å². The van der Waals surface area contributed by atoms with E-state index in [4.69, 9.17) is 11.7 Å². The molecule has 1 unspecified atom stereocenters. The zero-order valence-corrected chi connectivity index (χ0v) is 22.0. The van der Waals surface area contributed by atoms with Crippen molar-refractivity contribution >= 4 is 17.2 Å². The number of hydrazine groups is 1. The van der Waals surface area contributed by atoms with Crippen molar-refractivity contribution in [1.82, 2.24) is 5.43 Å². The Morgan fingerprint density at radius 2 is 1.72 bits per heavy atom. The van der Waals surface area contributed by atoms with Crippen molar-refractivity contribution in [2.24, 2.45) is 22.7 Å². The maximum Gasteiger partial charge on any atom is 0.136 e. The van der Waals surface area contributed by atoms with Crippen LogP contribution in [0.3, 0.4) is 0 Å². The van der Waals surface area contributed by atoms with Gasteiger partial charge in [0.2, 0.25) is 0 Å². The van der Waals surface area contributed by atoms with Crippen molar-refractivity contribution in [1.29, 1.82) is 0 Å². The SMILES string of the molecule is C=C(C)Nc1cc(C(C)C/C(=N/N)NN)ccc1N(CC(C)C)C(CCC)CCC.CC. The van der Waals surface area contributed by atoms with Crippen molar-refractivity contribution in [3.05, 3.63) is 36.0 Å². The molecule has 0 amide bonds. The van der Waals surface area contributed by atoms with E-state index in [-0.39, 0.29) is 5.92 Å². The number of benzene rings is 1. The Bertz CT molecular complexity index is 677. The van der Waals surface area contributed by atoms with Crippen molar-refractivity contribution in [3.63, 3.8) is 0 Å². The second kappa shape index (κ2) is 16.4. The molecule has 0 aliphatic heterocycles. The molecule has 1 atom stereocenters. The van der Waals surface area contributed by atoms with Gasteiger partial charge >= 0.3 is 0 Å². The number of hydrogen-bond acceptors (Lipinski definition) is 5. The Labute approximate surface area is 197 Å². The maximum absolute atomic E-state index is 5.51. The normalized spacial score (nSPS) is 12.3. The highest BCUT2D eigenvalue weighted by atomic mass is 15.3. The van der Waals surface area contributed by atoms with Crippen LogP contribution in [0.15, 0.2) is 35.6 Å². The summed E-state index contributed by atoms with van der Waals surface area (Å²) in [6.07, 6.45) is 5.42. The van der Waals surface area contributed by atoms with E-state index in [2.05, 4.69) is 80.1 Å². The molecule has 0 saturated carbocycles. The molecule has 0 saturated heterocycles. The monoisotopic (exact) mass is 446 g/mol. The van der Waals surface area contributed by atoms with Gasteiger partial charge in [-0.2, -0.15) is 5.10 Å². The fourth-order valence-electron chi connectivity index (χ4n) is 3.96. The number of hydrogen-bond donors (Lipinski definition) is 4. The Morgan fingerprint density at radius 1 is 1.12 bits per heavy atom. The van der Waals surface area contributed by atoms with Crippen LogP contribution in [0.5, 0.6) is 0 Å². The number of nitrogens with two attached hydrogens (primary N) is 2. The molecule has 0 heterocycles. The molecule has 0 fully saturated rings. The van der Waals surface area contributed by atoms with Crippen LogP contribution < -0.4 is 27.3 Å². The molecular weight excluding hydrogens is 396 g/mol. The lowest BCUT2D eigenvalue weighted by Gasteiger charge is -2.37. The predicted octanol–water partition coefficient (Wildman–Crippen LogP) is 6.32. The lowest BCUT2D eigenvalue weighted by Crippen LogP contribution is -2.38. The van der Waals surface area contributed by atoms with Crippen molar-refractivity contribution < 1.29 is 0 Å². The number of allylic oxidation sites excluding steroid dienone is 1. The smallest absolute Gasteiger partial charge is 0.136 e. The number of amidine groups is 1. The number of nitrogens with one attached hydrogen (secondary N) is 2. The summed E-state index contributed by atoms with van der Waals surface area (Å²) >= 11 is 0. The van der Waals surface area contributed by atoms with Gasteiger partial charge in [-0.15, -0.1) is 0 Å². The van der Waals surface area contributed by atoms with Crippen LogP contribution in [0, 0.1) is 5.92 Å². The molecule has 6 N–H and O–H groups in total. The van der Waals surface area contributed by atoms with Crippen LogP contribution in [0.1, 0.15) is 99.0 Å². The lowest BCUT2D eigenvalue weighted by atomic mass is 9.95. The number of nitrogens with zero attached hydrogens (tertiary/aromatic N) is 2. The second-order valence-electron chi connectivity index (χ2n) is 8.78. The lowest BCUT2D eigenvalue weighted by molar-refractivity contribution is 0.472. The number of hydrazone groups is 1. The number of anilines is 2. The molecule has 6 nitrogen and oxygen atoms in total. The third-order valence-electron chi connectivity index (χ3n) is 5.32. The summed E-state index contributed by atoms with van der Waals surface area (Å²) in [7, 11) is 0. The minimum Gasteiger partial charge on any atom is -0.367 e. The Morgan fingerprint density at radius 3 is 2.16 bits per heavy atom. The van der Waals surface area contributed by atoms with E-state index in [0.29, 0.717) is 24.2 Å². The van der Waals surface area contributed by atoms with Gasteiger partial charge in [0.05, 0.1) is 11.4 Å².